The standard InChI is InChI=1S/C14H24N2O3S/c1-8(2)13(7-17)16-20(18,19)14-10(4)9(3)6-12(15)11(14)5/h6,8,13,16-17H,7,15H2,1-5H3/t13-/m1/s1. The third-order valence-corrected chi connectivity index (χ3v) is 5.42. The number of sulfonamides is 1. The fourth-order valence-electron chi connectivity index (χ4n) is 2.09. The number of aliphatic hydroxyl groups is 1. The Balaban J connectivity index is 3.36. The first-order chi connectivity index (χ1) is 9.11. The molecule has 0 aliphatic carbocycles. The Morgan fingerprint density at radius 3 is 2.25 bits per heavy atom. The van der Waals surface area contributed by atoms with E-state index in [0.717, 1.165) is 5.56 Å². The van der Waals surface area contributed by atoms with E-state index in [9.17, 15) is 13.5 Å². The second-order valence-electron chi connectivity index (χ2n) is 5.52. The lowest BCUT2D eigenvalue weighted by atomic mass is 10.1. The second-order valence-corrected chi connectivity index (χ2v) is 7.17. The largest absolute Gasteiger partial charge is 0.398 e. The van der Waals surface area contributed by atoms with Gasteiger partial charge in [0.15, 0.2) is 0 Å². The molecule has 114 valence electrons. The Morgan fingerprint density at radius 2 is 1.80 bits per heavy atom. The van der Waals surface area contributed by atoms with Crippen LogP contribution in [0.2, 0.25) is 0 Å². The van der Waals surface area contributed by atoms with Crippen molar-refractivity contribution in [2.24, 2.45) is 5.92 Å². The fraction of sp³-hybridized carbons (Fsp3) is 0.571. The summed E-state index contributed by atoms with van der Waals surface area (Å²) in [4.78, 5) is 0.217. The van der Waals surface area contributed by atoms with E-state index in [4.69, 9.17) is 5.73 Å². The van der Waals surface area contributed by atoms with Crippen LogP contribution in [-0.2, 0) is 10.0 Å². The molecular formula is C14H24N2O3S. The molecule has 0 aromatic heterocycles. The van der Waals surface area contributed by atoms with Gasteiger partial charge in [-0.25, -0.2) is 13.1 Å². The summed E-state index contributed by atoms with van der Waals surface area (Å²) in [7, 11) is -3.71. The van der Waals surface area contributed by atoms with Crippen molar-refractivity contribution >= 4 is 15.7 Å². The Hall–Kier alpha value is -1.11. The number of anilines is 1. The first-order valence-electron chi connectivity index (χ1n) is 6.61. The van der Waals surface area contributed by atoms with Crippen LogP contribution in [0.1, 0.15) is 30.5 Å². The van der Waals surface area contributed by atoms with Gasteiger partial charge in [-0.3, -0.25) is 0 Å². The predicted molar refractivity (Wildman–Crippen MR) is 81.1 cm³/mol. The van der Waals surface area contributed by atoms with Crippen molar-refractivity contribution in [3.63, 3.8) is 0 Å². The molecule has 0 amide bonds. The van der Waals surface area contributed by atoms with Crippen LogP contribution >= 0.6 is 0 Å². The summed E-state index contributed by atoms with van der Waals surface area (Å²) in [6.45, 7) is 8.76. The lowest BCUT2D eigenvalue weighted by Gasteiger charge is -2.22. The van der Waals surface area contributed by atoms with Gasteiger partial charge in [-0.1, -0.05) is 13.8 Å². The molecule has 6 heteroatoms. The average Bonchev–Trinajstić information content (AvgIpc) is 2.33. The molecule has 0 unspecified atom stereocenters. The van der Waals surface area contributed by atoms with Gasteiger partial charge in [-0.05, 0) is 49.4 Å². The lowest BCUT2D eigenvalue weighted by Crippen LogP contribution is -2.41. The van der Waals surface area contributed by atoms with Crippen molar-refractivity contribution in [2.75, 3.05) is 12.3 Å². The zero-order valence-corrected chi connectivity index (χ0v) is 13.5. The molecule has 0 aliphatic rings. The van der Waals surface area contributed by atoms with Gasteiger partial charge in [0.05, 0.1) is 11.5 Å². The summed E-state index contributed by atoms with van der Waals surface area (Å²) in [5.41, 5.74) is 8.39. The number of hydrogen-bond acceptors (Lipinski definition) is 4. The Morgan fingerprint density at radius 1 is 1.25 bits per heavy atom. The van der Waals surface area contributed by atoms with Gasteiger partial charge in [-0.2, -0.15) is 0 Å². The van der Waals surface area contributed by atoms with Crippen molar-refractivity contribution in [1.82, 2.24) is 4.72 Å². The van der Waals surface area contributed by atoms with Crippen molar-refractivity contribution in [3.8, 4) is 0 Å². The monoisotopic (exact) mass is 300 g/mol. The van der Waals surface area contributed by atoms with Crippen LogP contribution in [0.5, 0.6) is 0 Å². The Labute approximate surface area is 121 Å². The topological polar surface area (TPSA) is 92.4 Å². The van der Waals surface area contributed by atoms with E-state index in [0.29, 0.717) is 16.8 Å². The van der Waals surface area contributed by atoms with E-state index in [1.54, 1.807) is 19.9 Å². The van der Waals surface area contributed by atoms with Gasteiger partial charge in [-0.15, -0.1) is 0 Å². The molecule has 0 heterocycles. The zero-order chi connectivity index (χ0) is 15.7. The minimum absolute atomic E-state index is 0.00227. The molecule has 0 spiro atoms. The molecule has 0 saturated carbocycles. The van der Waals surface area contributed by atoms with Crippen molar-refractivity contribution in [3.05, 3.63) is 22.8 Å². The van der Waals surface area contributed by atoms with Crippen LogP contribution in [0, 0.1) is 26.7 Å². The second kappa shape index (κ2) is 6.11. The first kappa shape index (κ1) is 16.9. The van der Waals surface area contributed by atoms with Gasteiger partial charge in [0.25, 0.3) is 0 Å². The van der Waals surface area contributed by atoms with Gasteiger partial charge < -0.3 is 10.8 Å². The molecule has 20 heavy (non-hydrogen) atoms. The lowest BCUT2D eigenvalue weighted by molar-refractivity contribution is 0.227. The Kier molecular flexibility index (Phi) is 5.18. The van der Waals surface area contributed by atoms with E-state index >= 15 is 0 Å². The van der Waals surface area contributed by atoms with Crippen LogP contribution in [0.3, 0.4) is 0 Å². The summed E-state index contributed by atoms with van der Waals surface area (Å²) >= 11 is 0. The van der Waals surface area contributed by atoms with Crippen LogP contribution < -0.4 is 10.5 Å². The van der Waals surface area contributed by atoms with Crippen LogP contribution in [0.15, 0.2) is 11.0 Å². The maximum Gasteiger partial charge on any atom is 0.241 e. The third kappa shape index (κ3) is 3.31. The van der Waals surface area contributed by atoms with Crippen LogP contribution in [-0.4, -0.2) is 26.2 Å². The summed E-state index contributed by atoms with van der Waals surface area (Å²) in [5, 5.41) is 9.30. The fourth-order valence-corrected chi connectivity index (χ4v) is 4.03. The van der Waals surface area contributed by atoms with Crippen LogP contribution in [0.25, 0.3) is 0 Å². The predicted octanol–water partition coefficient (Wildman–Crippen LogP) is 1.49. The average molecular weight is 300 g/mol. The van der Waals surface area contributed by atoms with Crippen molar-refractivity contribution in [1.29, 1.82) is 0 Å². The zero-order valence-electron chi connectivity index (χ0n) is 12.7. The minimum Gasteiger partial charge on any atom is -0.398 e. The molecule has 1 aromatic carbocycles. The maximum atomic E-state index is 12.6. The number of hydrogen-bond donors (Lipinski definition) is 3. The normalized spacial score (nSPS) is 13.8. The number of nitrogen functional groups attached to an aromatic ring is 1. The molecule has 0 saturated heterocycles. The van der Waals surface area contributed by atoms with E-state index in [2.05, 4.69) is 4.72 Å². The number of aliphatic hydroxyl groups excluding tert-OH is 1. The molecule has 4 N–H and O–H groups in total. The summed E-state index contributed by atoms with van der Waals surface area (Å²) in [6.07, 6.45) is 0. The highest BCUT2D eigenvalue weighted by Gasteiger charge is 2.26. The number of aryl methyl sites for hydroxylation is 1. The number of benzene rings is 1. The molecule has 1 rings (SSSR count). The highest BCUT2D eigenvalue weighted by atomic mass is 32.2. The summed E-state index contributed by atoms with van der Waals surface area (Å²) in [6, 6.07) is 1.26. The molecule has 0 radical (unpaired) electrons. The third-order valence-electron chi connectivity index (χ3n) is 3.65. The molecule has 1 atom stereocenters. The molecule has 0 aliphatic heterocycles. The summed E-state index contributed by atoms with van der Waals surface area (Å²) < 4.78 is 27.7. The maximum absolute atomic E-state index is 12.6. The smallest absolute Gasteiger partial charge is 0.241 e. The number of nitrogens with one attached hydrogen (secondary N) is 1. The highest BCUT2D eigenvalue weighted by Crippen LogP contribution is 2.28. The Bertz CT molecular complexity index is 569. The van der Waals surface area contributed by atoms with Gasteiger partial charge in [0, 0.05) is 11.7 Å². The van der Waals surface area contributed by atoms with Gasteiger partial charge in [0.2, 0.25) is 10.0 Å². The molecule has 0 fully saturated rings. The van der Waals surface area contributed by atoms with E-state index in [1.807, 2.05) is 20.8 Å². The first-order valence-corrected chi connectivity index (χ1v) is 8.09. The van der Waals surface area contributed by atoms with Crippen LogP contribution in [0.4, 0.5) is 5.69 Å². The van der Waals surface area contributed by atoms with Crippen molar-refractivity contribution < 1.29 is 13.5 Å². The summed E-state index contributed by atoms with van der Waals surface area (Å²) in [5.74, 6) is -0.00227. The highest BCUT2D eigenvalue weighted by molar-refractivity contribution is 7.89. The molecule has 0 bridgehead atoms. The van der Waals surface area contributed by atoms with Gasteiger partial charge >= 0.3 is 0 Å². The van der Waals surface area contributed by atoms with E-state index < -0.39 is 16.1 Å². The van der Waals surface area contributed by atoms with Crippen molar-refractivity contribution in [2.45, 2.75) is 45.6 Å². The number of nitrogens with two attached hydrogens (primary N) is 1. The van der Waals surface area contributed by atoms with E-state index in [-0.39, 0.29) is 17.4 Å². The SMILES string of the molecule is Cc1cc(N)c(C)c(S(=O)(=O)N[C@H](CO)C(C)C)c1C. The van der Waals surface area contributed by atoms with E-state index in [1.165, 1.54) is 0 Å². The number of rotatable bonds is 5. The molecule has 5 nitrogen and oxygen atoms in total. The molecule has 1 aromatic rings. The minimum atomic E-state index is -3.71. The van der Waals surface area contributed by atoms with Gasteiger partial charge in [0.1, 0.15) is 0 Å². The quantitative estimate of drug-likeness (QED) is 0.718. The molecular weight excluding hydrogens is 276 g/mol.